The van der Waals surface area contributed by atoms with Gasteiger partial charge in [-0.3, -0.25) is 4.79 Å². The Morgan fingerprint density at radius 3 is 2.76 bits per heavy atom. The van der Waals surface area contributed by atoms with Crippen molar-refractivity contribution in [3.8, 4) is 0 Å². The van der Waals surface area contributed by atoms with Gasteiger partial charge in [0.2, 0.25) is 11.8 Å². The van der Waals surface area contributed by atoms with E-state index in [0.717, 1.165) is 37.8 Å². The van der Waals surface area contributed by atoms with Crippen LogP contribution in [-0.4, -0.2) is 40.6 Å². The number of carbonyl (C=O) groups is 1. The molecule has 0 spiro atoms. The van der Waals surface area contributed by atoms with Crippen LogP contribution in [0.1, 0.15) is 68.1 Å². The molecule has 1 amide bonds. The highest BCUT2D eigenvalue weighted by Crippen LogP contribution is 2.30. The van der Waals surface area contributed by atoms with Gasteiger partial charge in [0.05, 0.1) is 19.1 Å². The topological polar surface area (TPSA) is 68.5 Å². The molecule has 1 aliphatic carbocycles. The van der Waals surface area contributed by atoms with Crippen LogP contribution in [0.25, 0.3) is 0 Å². The SMILES string of the molecule is O=C(C1CCCCC1)N1CCCC(c2nc(CCOCc3ccccc3)no2)C1. The summed E-state index contributed by atoms with van der Waals surface area (Å²) in [6, 6.07) is 10.1. The number of benzene rings is 1. The zero-order chi connectivity index (χ0) is 19.9. The van der Waals surface area contributed by atoms with Gasteiger partial charge in [-0.25, -0.2) is 0 Å². The number of ether oxygens (including phenoxy) is 1. The molecule has 4 rings (SSSR count). The molecule has 156 valence electrons. The van der Waals surface area contributed by atoms with Crippen molar-refractivity contribution < 1.29 is 14.1 Å². The maximum absolute atomic E-state index is 12.9. The molecule has 1 aromatic heterocycles. The highest BCUT2D eigenvalue weighted by atomic mass is 16.5. The monoisotopic (exact) mass is 397 g/mol. The minimum atomic E-state index is 0.155. The number of hydrogen-bond acceptors (Lipinski definition) is 5. The van der Waals surface area contributed by atoms with Crippen molar-refractivity contribution in [2.24, 2.45) is 5.92 Å². The van der Waals surface area contributed by atoms with Crippen molar-refractivity contribution in [1.82, 2.24) is 15.0 Å². The lowest BCUT2D eigenvalue weighted by Gasteiger charge is -2.34. The van der Waals surface area contributed by atoms with Gasteiger partial charge in [0.1, 0.15) is 0 Å². The van der Waals surface area contributed by atoms with E-state index in [9.17, 15) is 4.79 Å². The molecule has 1 unspecified atom stereocenters. The van der Waals surface area contributed by atoms with Gasteiger partial charge in [0.15, 0.2) is 5.82 Å². The predicted octanol–water partition coefficient (Wildman–Crippen LogP) is 4.12. The van der Waals surface area contributed by atoms with Crippen LogP contribution in [0, 0.1) is 5.92 Å². The molecule has 2 aromatic rings. The third kappa shape index (κ3) is 5.44. The van der Waals surface area contributed by atoms with E-state index in [0.29, 0.717) is 43.8 Å². The van der Waals surface area contributed by atoms with E-state index in [1.165, 1.54) is 19.3 Å². The van der Waals surface area contributed by atoms with Crippen LogP contribution < -0.4 is 0 Å². The third-order valence-corrected chi connectivity index (χ3v) is 6.10. The fourth-order valence-electron chi connectivity index (χ4n) is 4.45. The van der Waals surface area contributed by atoms with Crippen LogP contribution in [0.3, 0.4) is 0 Å². The lowest BCUT2D eigenvalue weighted by molar-refractivity contribution is -0.137. The molecule has 0 bridgehead atoms. The van der Waals surface area contributed by atoms with Crippen LogP contribution in [0.4, 0.5) is 0 Å². The number of hydrogen-bond donors (Lipinski definition) is 0. The van der Waals surface area contributed by atoms with E-state index in [4.69, 9.17) is 9.26 Å². The Kier molecular flexibility index (Phi) is 6.93. The van der Waals surface area contributed by atoms with E-state index in [1.807, 2.05) is 23.1 Å². The first-order valence-corrected chi connectivity index (χ1v) is 11.0. The Hall–Kier alpha value is -2.21. The molecule has 1 saturated carbocycles. The number of amides is 1. The van der Waals surface area contributed by atoms with Gasteiger partial charge >= 0.3 is 0 Å². The average Bonchev–Trinajstić information content (AvgIpc) is 3.27. The summed E-state index contributed by atoms with van der Waals surface area (Å²) in [7, 11) is 0. The summed E-state index contributed by atoms with van der Waals surface area (Å²) in [5.74, 6) is 2.07. The highest BCUT2D eigenvalue weighted by molar-refractivity contribution is 5.79. The van der Waals surface area contributed by atoms with Crippen LogP contribution in [0.2, 0.25) is 0 Å². The van der Waals surface area contributed by atoms with E-state index >= 15 is 0 Å². The standard InChI is InChI=1S/C23H31N3O3/c27-23(19-10-5-2-6-11-19)26-14-7-12-20(16-26)22-24-21(25-29-22)13-15-28-17-18-8-3-1-4-9-18/h1,3-4,8-9,19-20H,2,5-7,10-17H2. The minimum Gasteiger partial charge on any atom is -0.376 e. The second-order valence-corrected chi connectivity index (χ2v) is 8.30. The molecular formula is C23H31N3O3. The maximum Gasteiger partial charge on any atom is 0.231 e. The zero-order valence-electron chi connectivity index (χ0n) is 17.1. The van der Waals surface area contributed by atoms with Crippen LogP contribution in [0.5, 0.6) is 0 Å². The highest BCUT2D eigenvalue weighted by Gasteiger charge is 2.32. The summed E-state index contributed by atoms with van der Waals surface area (Å²) in [6.07, 6.45) is 8.38. The fourth-order valence-corrected chi connectivity index (χ4v) is 4.45. The first kappa shape index (κ1) is 20.1. The normalized spacial score (nSPS) is 20.7. The molecule has 1 aromatic carbocycles. The van der Waals surface area contributed by atoms with Crippen LogP contribution in [-0.2, 0) is 22.6 Å². The molecule has 6 heteroatoms. The van der Waals surface area contributed by atoms with Crippen LogP contribution >= 0.6 is 0 Å². The fraction of sp³-hybridized carbons (Fsp3) is 0.609. The lowest BCUT2D eigenvalue weighted by Crippen LogP contribution is -2.42. The number of piperidine rings is 1. The number of likely N-dealkylation sites (tertiary alicyclic amines) is 1. The van der Waals surface area contributed by atoms with Crippen LogP contribution in [0.15, 0.2) is 34.9 Å². The van der Waals surface area contributed by atoms with E-state index in [2.05, 4.69) is 22.3 Å². The Morgan fingerprint density at radius 1 is 1.10 bits per heavy atom. The summed E-state index contributed by atoms with van der Waals surface area (Å²) in [5.41, 5.74) is 1.16. The van der Waals surface area contributed by atoms with E-state index in [-0.39, 0.29) is 11.8 Å². The zero-order valence-corrected chi connectivity index (χ0v) is 17.1. The van der Waals surface area contributed by atoms with Gasteiger partial charge in [-0.15, -0.1) is 0 Å². The number of aromatic nitrogens is 2. The smallest absolute Gasteiger partial charge is 0.231 e. The molecule has 2 heterocycles. The second kappa shape index (κ2) is 10.0. The molecule has 2 fully saturated rings. The second-order valence-electron chi connectivity index (χ2n) is 8.30. The summed E-state index contributed by atoms with van der Waals surface area (Å²) >= 11 is 0. The van der Waals surface area contributed by atoms with E-state index in [1.54, 1.807) is 0 Å². The van der Waals surface area contributed by atoms with Crippen molar-refractivity contribution in [2.45, 2.75) is 63.9 Å². The molecule has 0 radical (unpaired) electrons. The van der Waals surface area contributed by atoms with Gasteiger partial charge in [-0.1, -0.05) is 54.8 Å². The Bertz CT molecular complexity index is 771. The minimum absolute atomic E-state index is 0.155. The van der Waals surface area contributed by atoms with Crippen molar-refractivity contribution >= 4 is 5.91 Å². The largest absolute Gasteiger partial charge is 0.376 e. The first-order valence-electron chi connectivity index (χ1n) is 11.0. The van der Waals surface area contributed by atoms with Gasteiger partial charge in [0, 0.05) is 25.4 Å². The Labute approximate surface area is 172 Å². The molecule has 2 aliphatic rings. The Balaban J connectivity index is 1.25. The van der Waals surface area contributed by atoms with Gasteiger partial charge in [-0.2, -0.15) is 4.98 Å². The summed E-state index contributed by atoms with van der Waals surface area (Å²) in [6.45, 7) is 2.72. The molecule has 6 nitrogen and oxygen atoms in total. The third-order valence-electron chi connectivity index (χ3n) is 6.10. The summed E-state index contributed by atoms with van der Waals surface area (Å²) < 4.78 is 11.3. The van der Waals surface area contributed by atoms with Crippen molar-refractivity contribution in [3.05, 3.63) is 47.6 Å². The average molecular weight is 398 g/mol. The molecule has 1 aliphatic heterocycles. The lowest BCUT2D eigenvalue weighted by atomic mass is 9.87. The predicted molar refractivity (Wildman–Crippen MR) is 109 cm³/mol. The molecular weight excluding hydrogens is 366 g/mol. The Morgan fingerprint density at radius 2 is 1.93 bits per heavy atom. The van der Waals surface area contributed by atoms with E-state index < -0.39 is 0 Å². The van der Waals surface area contributed by atoms with Gasteiger partial charge < -0.3 is 14.2 Å². The number of nitrogens with zero attached hydrogens (tertiary/aromatic N) is 3. The molecule has 1 atom stereocenters. The first-order chi connectivity index (χ1) is 14.3. The van der Waals surface area contributed by atoms with Crippen molar-refractivity contribution in [1.29, 1.82) is 0 Å². The summed E-state index contributed by atoms with van der Waals surface area (Å²) in [5, 5.41) is 4.13. The number of carbonyl (C=O) groups excluding carboxylic acids is 1. The maximum atomic E-state index is 12.9. The molecule has 29 heavy (non-hydrogen) atoms. The molecule has 0 N–H and O–H groups in total. The summed E-state index contributed by atoms with van der Waals surface area (Å²) in [4.78, 5) is 19.5. The van der Waals surface area contributed by atoms with Crippen molar-refractivity contribution in [3.63, 3.8) is 0 Å². The molecule has 1 saturated heterocycles. The number of rotatable bonds is 7. The van der Waals surface area contributed by atoms with Gasteiger partial charge in [0.25, 0.3) is 0 Å². The van der Waals surface area contributed by atoms with Gasteiger partial charge in [-0.05, 0) is 31.2 Å². The van der Waals surface area contributed by atoms with Crippen molar-refractivity contribution in [2.75, 3.05) is 19.7 Å². The quantitative estimate of drug-likeness (QED) is 0.658.